The number of amides is 1. The van der Waals surface area contributed by atoms with E-state index in [1.54, 1.807) is 0 Å². The van der Waals surface area contributed by atoms with Gasteiger partial charge in [-0.15, -0.1) is 6.42 Å². The van der Waals surface area contributed by atoms with Gasteiger partial charge in [-0.25, -0.2) is 0 Å². The van der Waals surface area contributed by atoms with E-state index in [9.17, 15) is 4.79 Å². The predicted molar refractivity (Wildman–Crippen MR) is 40.8 cm³/mol. The largest absolute Gasteiger partial charge is 0.379 e. The third-order valence-corrected chi connectivity index (χ3v) is 1.77. The molecule has 60 valence electrons. The Labute approximate surface area is 66.1 Å². The van der Waals surface area contributed by atoms with E-state index in [1.165, 1.54) is 0 Å². The van der Waals surface area contributed by atoms with E-state index in [0.29, 0.717) is 13.2 Å². The molecule has 0 radical (unpaired) electrons. The summed E-state index contributed by atoms with van der Waals surface area (Å²) in [5.74, 6) is 1.65. The maximum absolute atomic E-state index is 10.8. The van der Waals surface area contributed by atoms with Crippen molar-refractivity contribution in [2.75, 3.05) is 13.2 Å². The molecule has 11 heavy (non-hydrogen) atoms. The van der Waals surface area contributed by atoms with Crippen LogP contribution < -0.4 is 5.32 Å². The molecule has 1 rings (SSSR count). The molecule has 0 aromatic rings. The first-order chi connectivity index (χ1) is 5.16. The van der Waals surface area contributed by atoms with Gasteiger partial charge in [0.15, 0.2) is 0 Å². The zero-order valence-electron chi connectivity index (χ0n) is 6.52. The summed E-state index contributed by atoms with van der Waals surface area (Å²) in [5, 5.41) is 2.70. The fourth-order valence-electron chi connectivity index (χ4n) is 1.08. The van der Waals surface area contributed by atoms with Crippen LogP contribution in [-0.4, -0.2) is 24.7 Å². The summed E-state index contributed by atoms with van der Waals surface area (Å²) in [6.07, 6.45) is 5.74. The lowest BCUT2D eigenvalue weighted by atomic mass is 10.0. The second-order valence-electron chi connectivity index (χ2n) is 2.96. The van der Waals surface area contributed by atoms with Crippen molar-refractivity contribution in [3.05, 3.63) is 0 Å². The maximum Gasteiger partial charge on any atom is 0.296 e. The number of carbonyl (C=O) groups is 1. The number of rotatable bonds is 1. The molecule has 0 aromatic carbocycles. The Morgan fingerprint density at radius 3 is 3.00 bits per heavy atom. The topological polar surface area (TPSA) is 38.3 Å². The van der Waals surface area contributed by atoms with Crippen LogP contribution in [-0.2, 0) is 9.53 Å². The predicted octanol–water partition coefficient (Wildman–Crippen LogP) is -0.0852. The zero-order valence-corrected chi connectivity index (χ0v) is 6.52. The van der Waals surface area contributed by atoms with Crippen LogP contribution in [0.5, 0.6) is 0 Å². The van der Waals surface area contributed by atoms with Crippen molar-refractivity contribution in [1.82, 2.24) is 5.32 Å². The molecule has 1 saturated heterocycles. The molecular weight excluding hydrogens is 142 g/mol. The van der Waals surface area contributed by atoms with Gasteiger partial charge in [0.2, 0.25) is 0 Å². The van der Waals surface area contributed by atoms with Crippen LogP contribution in [0.15, 0.2) is 0 Å². The average Bonchev–Trinajstić information content (AvgIpc) is 2.36. The van der Waals surface area contributed by atoms with Gasteiger partial charge in [0, 0.05) is 6.61 Å². The van der Waals surface area contributed by atoms with Gasteiger partial charge < -0.3 is 10.1 Å². The molecule has 0 aliphatic carbocycles. The molecule has 3 heteroatoms. The fraction of sp³-hybridized carbons (Fsp3) is 0.625. The van der Waals surface area contributed by atoms with Crippen LogP contribution >= 0.6 is 0 Å². The van der Waals surface area contributed by atoms with Gasteiger partial charge >= 0.3 is 0 Å². The SMILES string of the molecule is C#CC(=O)NC1(C)CCOC1. The molecule has 1 unspecified atom stereocenters. The van der Waals surface area contributed by atoms with E-state index >= 15 is 0 Å². The highest BCUT2D eigenvalue weighted by Gasteiger charge is 2.30. The van der Waals surface area contributed by atoms with Crippen molar-refractivity contribution in [1.29, 1.82) is 0 Å². The monoisotopic (exact) mass is 153 g/mol. The summed E-state index contributed by atoms with van der Waals surface area (Å²) < 4.78 is 5.12. The van der Waals surface area contributed by atoms with Gasteiger partial charge in [0.25, 0.3) is 5.91 Å². The minimum absolute atomic E-state index is 0.247. The second kappa shape index (κ2) is 2.93. The van der Waals surface area contributed by atoms with E-state index in [0.717, 1.165) is 6.42 Å². The molecule has 3 nitrogen and oxygen atoms in total. The summed E-state index contributed by atoms with van der Waals surface area (Å²) in [6, 6.07) is 0. The molecule has 0 aromatic heterocycles. The Kier molecular flexibility index (Phi) is 2.16. The molecule has 0 spiro atoms. The lowest BCUT2D eigenvalue weighted by Crippen LogP contribution is -2.45. The van der Waals surface area contributed by atoms with Crippen LogP contribution in [0.25, 0.3) is 0 Å². The Hall–Kier alpha value is -1.01. The van der Waals surface area contributed by atoms with E-state index in [4.69, 9.17) is 11.2 Å². The Morgan fingerprint density at radius 1 is 1.82 bits per heavy atom. The first-order valence-electron chi connectivity index (χ1n) is 3.53. The first-order valence-corrected chi connectivity index (χ1v) is 3.53. The zero-order chi connectivity index (χ0) is 8.32. The van der Waals surface area contributed by atoms with Gasteiger partial charge in [-0.3, -0.25) is 4.79 Å². The van der Waals surface area contributed by atoms with Crippen LogP contribution in [0.4, 0.5) is 0 Å². The summed E-state index contributed by atoms with van der Waals surface area (Å²) in [4.78, 5) is 10.8. The highest BCUT2D eigenvalue weighted by Crippen LogP contribution is 2.16. The first kappa shape index (κ1) is 8.09. The van der Waals surface area contributed by atoms with Gasteiger partial charge in [-0.1, -0.05) is 0 Å². The summed E-state index contributed by atoms with van der Waals surface area (Å²) in [6.45, 7) is 3.18. The molecule has 1 heterocycles. The highest BCUT2D eigenvalue weighted by molar-refractivity contribution is 5.93. The fourth-order valence-corrected chi connectivity index (χ4v) is 1.08. The average molecular weight is 153 g/mol. The Morgan fingerprint density at radius 2 is 2.55 bits per heavy atom. The number of nitrogens with one attached hydrogen (secondary N) is 1. The van der Waals surface area contributed by atoms with Crippen molar-refractivity contribution in [2.24, 2.45) is 0 Å². The van der Waals surface area contributed by atoms with Gasteiger partial charge in [-0.2, -0.15) is 0 Å². The number of hydrogen-bond donors (Lipinski definition) is 1. The lowest BCUT2D eigenvalue weighted by molar-refractivity contribution is -0.117. The molecule has 0 saturated carbocycles. The summed E-state index contributed by atoms with van der Waals surface area (Å²) in [5.41, 5.74) is -0.247. The van der Waals surface area contributed by atoms with E-state index in [2.05, 4.69) is 5.32 Å². The van der Waals surface area contributed by atoms with Crippen LogP contribution in [0.1, 0.15) is 13.3 Å². The van der Waals surface area contributed by atoms with Crippen molar-refractivity contribution in [3.8, 4) is 12.3 Å². The molecule has 1 N–H and O–H groups in total. The lowest BCUT2D eigenvalue weighted by Gasteiger charge is -2.21. The third-order valence-electron chi connectivity index (χ3n) is 1.77. The minimum Gasteiger partial charge on any atom is -0.379 e. The van der Waals surface area contributed by atoms with Crippen LogP contribution in [0.2, 0.25) is 0 Å². The molecule has 1 aliphatic rings. The molecule has 1 aliphatic heterocycles. The number of terminal acetylenes is 1. The smallest absolute Gasteiger partial charge is 0.296 e. The van der Waals surface area contributed by atoms with Crippen LogP contribution in [0, 0.1) is 12.3 Å². The summed E-state index contributed by atoms with van der Waals surface area (Å²) in [7, 11) is 0. The third kappa shape index (κ3) is 1.95. The van der Waals surface area contributed by atoms with E-state index < -0.39 is 0 Å². The Bertz CT molecular complexity index is 199. The van der Waals surface area contributed by atoms with Gasteiger partial charge in [0.05, 0.1) is 12.1 Å². The number of hydrogen-bond acceptors (Lipinski definition) is 2. The highest BCUT2D eigenvalue weighted by atomic mass is 16.5. The molecule has 0 bridgehead atoms. The van der Waals surface area contributed by atoms with Crippen molar-refractivity contribution >= 4 is 5.91 Å². The van der Waals surface area contributed by atoms with Crippen molar-refractivity contribution in [3.63, 3.8) is 0 Å². The van der Waals surface area contributed by atoms with E-state index in [-0.39, 0.29) is 11.4 Å². The van der Waals surface area contributed by atoms with Crippen LogP contribution in [0.3, 0.4) is 0 Å². The van der Waals surface area contributed by atoms with Crippen molar-refractivity contribution < 1.29 is 9.53 Å². The number of ether oxygens (including phenoxy) is 1. The second-order valence-corrected chi connectivity index (χ2v) is 2.96. The molecule has 1 amide bonds. The Balaban J connectivity index is 2.47. The normalized spacial score (nSPS) is 29.5. The number of carbonyl (C=O) groups excluding carboxylic acids is 1. The molecule has 1 atom stereocenters. The minimum atomic E-state index is -0.363. The van der Waals surface area contributed by atoms with E-state index in [1.807, 2.05) is 12.8 Å². The van der Waals surface area contributed by atoms with Gasteiger partial charge in [0.1, 0.15) is 0 Å². The van der Waals surface area contributed by atoms with Gasteiger partial charge in [-0.05, 0) is 19.3 Å². The summed E-state index contributed by atoms with van der Waals surface area (Å²) >= 11 is 0. The molecule has 1 fully saturated rings. The maximum atomic E-state index is 10.8. The molecular formula is C8H11NO2. The van der Waals surface area contributed by atoms with Crippen molar-refractivity contribution in [2.45, 2.75) is 18.9 Å². The standard InChI is InChI=1S/C8H11NO2/c1-3-7(10)9-8(2)4-5-11-6-8/h1H,4-6H2,2H3,(H,9,10). The quantitative estimate of drug-likeness (QED) is 0.535.